The summed E-state index contributed by atoms with van der Waals surface area (Å²) in [5.41, 5.74) is 0. The first kappa shape index (κ1) is 17.2. The van der Waals surface area contributed by atoms with Gasteiger partial charge < -0.3 is 5.32 Å². The Morgan fingerprint density at radius 1 is 1.45 bits per heavy atom. The molecule has 0 radical (unpaired) electrons. The minimum atomic E-state index is -3.84. The van der Waals surface area contributed by atoms with Crippen LogP contribution in [0.3, 0.4) is 0 Å². The average molecular weight is 366 g/mol. The van der Waals surface area contributed by atoms with Gasteiger partial charge in [-0.05, 0) is 18.2 Å². The number of hydrogen-bond acceptors (Lipinski definition) is 5. The number of aliphatic imine (C=N–C) groups is 1. The fraction of sp³-hybridized carbons (Fsp3) is 0.333. The number of sulfonamides is 1. The molecule has 1 aromatic rings. The zero-order valence-corrected chi connectivity index (χ0v) is 13.7. The molecule has 1 aliphatic heterocycles. The summed E-state index contributed by atoms with van der Waals surface area (Å²) in [7, 11) is -3.84. The first-order valence-corrected chi connectivity index (χ1v) is 9.15. The third kappa shape index (κ3) is 4.67. The normalized spacial score (nSPS) is 14.7. The number of amides is 1. The van der Waals surface area contributed by atoms with Crippen LogP contribution in [0.4, 0.5) is 4.39 Å². The summed E-state index contributed by atoms with van der Waals surface area (Å²) in [4.78, 5) is 15.5. The van der Waals surface area contributed by atoms with Crippen LogP contribution in [0.5, 0.6) is 0 Å². The van der Waals surface area contributed by atoms with Crippen LogP contribution in [0.15, 0.2) is 28.1 Å². The van der Waals surface area contributed by atoms with Gasteiger partial charge in [0.2, 0.25) is 15.9 Å². The lowest BCUT2D eigenvalue weighted by Crippen LogP contribution is -2.32. The van der Waals surface area contributed by atoms with Gasteiger partial charge >= 0.3 is 0 Å². The average Bonchev–Trinajstić information content (AvgIpc) is 2.94. The third-order valence-electron chi connectivity index (χ3n) is 2.68. The summed E-state index contributed by atoms with van der Waals surface area (Å²) in [5.74, 6) is -0.198. The number of thioether (sulfide) groups is 1. The van der Waals surface area contributed by atoms with Gasteiger partial charge in [-0.3, -0.25) is 9.79 Å². The molecule has 22 heavy (non-hydrogen) atoms. The smallest absolute Gasteiger partial charge is 0.240 e. The second-order valence-electron chi connectivity index (χ2n) is 4.31. The van der Waals surface area contributed by atoms with Crippen LogP contribution in [0.1, 0.15) is 6.42 Å². The molecule has 0 saturated carbocycles. The van der Waals surface area contributed by atoms with Crippen LogP contribution >= 0.6 is 23.4 Å². The monoisotopic (exact) mass is 365 g/mol. The van der Waals surface area contributed by atoms with E-state index >= 15 is 0 Å². The maximum Gasteiger partial charge on any atom is 0.240 e. The summed E-state index contributed by atoms with van der Waals surface area (Å²) >= 11 is 6.99. The van der Waals surface area contributed by atoms with E-state index < -0.39 is 15.8 Å². The molecule has 0 aromatic heterocycles. The van der Waals surface area contributed by atoms with Crippen molar-refractivity contribution in [2.45, 2.75) is 11.3 Å². The van der Waals surface area contributed by atoms with Crippen molar-refractivity contribution in [3.8, 4) is 0 Å². The molecule has 2 rings (SSSR count). The molecule has 0 saturated heterocycles. The van der Waals surface area contributed by atoms with Gasteiger partial charge in [-0.1, -0.05) is 23.4 Å². The molecule has 2 N–H and O–H groups in total. The van der Waals surface area contributed by atoms with E-state index in [4.69, 9.17) is 11.6 Å². The summed E-state index contributed by atoms with van der Waals surface area (Å²) in [6.45, 7) is 0.583. The highest BCUT2D eigenvalue weighted by Gasteiger charge is 2.17. The number of halogens is 2. The Morgan fingerprint density at radius 2 is 2.23 bits per heavy atom. The van der Waals surface area contributed by atoms with Gasteiger partial charge in [0, 0.05) is 18.7 Å². The molecule has 10 heteroatoms. The highest BCUT2D eigenvalue weighted by molar-refractivity contribution is 8.14. The van der Waals surface area contributed by atoms with Crippen LogP contribution in [-0.2, 0) is 14.8 Å². The Hall–Kier alpha value is -1.16. The quantitative estimate of drug-likeness (QED) is 0.824. The van der Waals surface area contributed by atoms with Crippen LogP contribution in [0.2, 0.25) is 5.02 Å². The van der Waals surface area contributed by atoms with Gasteiger partial charge in [-0.15, -0.1) is 0 Å². The molecule has 0 aliphatic carbocycles. The highest BCUT2D eigenvalue weighted by atomic mass is 35.5. The zero-order chi connectivity index (χ0) is 16.2. The Kier molecular flexibility index (Phi) is 5.79. The largest absolute Gasteiger partial charge is 0.305 e. The Morgan fingerprint density at radius 3 is 2.86 bits per heavy atom. The van der Waals surface area contributed by atoms with Crippen LogP contribution < -0.4 is 10.0 Å². The SMILES string of the molecule is O=C(CCNS(=O)(=O)c1ccc(F)c(Cl)c1)NC1=NCCS1. The van der Waals surface area contributed by atoms with Crippen molar-refractivity contribution in [3.05, 3.63) is 29.0 Å². The number of rotatable bonds is 5. The molecule has 6 nitrogen and oxygen atoms in total. The standard InChI is InChI=1S/C12H13ClFN3O3S2/c13-9-7-8(1-2-10(9)14)22(19,20)16-4-3-11(18)17-12-15-5-6-21-12/h1-2,7,16H,3-6H2,(H,15,17,18). The number of carbonyl (C=O) groups excluding carboxylic acids is 1. The minimum absolute atomic E-state index is 0.0340. The number of carbonyl (C=O) groups is 1. The molecule has 1 aliphatic rings. The van der Waals surface area contributed by atoms with Gasteiger partial charge in [0.05, 0.1) is 16.5 Å². The molecule has 0 unspecified atom stereocenters. The van der Waals surface area contributed by atoms with Crippen molar-refractivity contribution in [1.82, 2.24) is 10.0 Å². The van der Waals surface area contributed by atoms with Crippen molar-refractivity contribution >= 4 is 44.5 Å². The predicted octanol–water partition coefficient (Wildman–Crippen LogP) is 1.37. The zero-order valence-electron chi connectivity index (χ0n) is 11.3. The summed E-state index contributed by atoms with van der Waals surface area (Å²) in [5, 5.41) is 2.86. The number of amidine groups is 1. The van der Waals surface area contributed by atoms with Gasteiger partial charge in [-0.25, -0.2) is 17.5 Å². The van der Waals surface area contributed by atoms with Gasteiger partial charge in [-0.2, -0.15) is 0 Å². The van der Waals surface area contributed by atoms with Crippen LogP contribution in [0, 0.1) is 5.82 Å². The Balaban J connectivity index is 1.86. The lowest BCUT2D eigenvalue weighted by atomic mass is 10.3. The highest BCUT2D eigenvalue weighted by Crippen LogP contribution is 2.19. The number of benzene rings is 1. The summed E-state index contributed by atoms with van der Waals surface area (Å²) in [6, 6.07) is 3.09. The molecule has 120 valence electrons. The maximum atomic E-state index is 13.0. The van der Waals surface area contributed by atoms with Crippen molar-refractivity contribution in [3.63, 3.8) is 0 Å². The van der Waals surface area contributed by atoms with Crippen LogP contribution in [0.25, 0.3) is 0 Å². The van der Waals surface area contributed by atoms with E-state index in [1.807, 2.05) is 0 Å². The lowest BCUT2D eigenvalue weighted by molar-refractivity contribution is -0.119. The molecular formula is C12H13ClFN3O3S2. The fourth-order valence-electron chi connectivity index (χ4n) is 1.62. The Bertz CT molecular complexity index is 710. The predicted molar refractivity (Wildman–Crippen MR) is 84.1 cm³/mol. The van der Waals surface area contributed by atoms with Crippen LogP contribution in [-0.4, -0.2) is 38.3 Å². The van der Waals surface area contributed by atoms with Crippen molar-refractivity contribution < 1.29 is 17.6 Å². The number of hydrogen-bond donors (Lipinski definition) is 2. The van der Waals surface area contributed by atoms with Gasteiger partial charge in [0.15, 0.2) is 5.17 Å². The summed E-state index contributed by atoms with van der Waals surface area (Å²) < 4.78 is 39.2. The minimum Gasteiger partial charge on any atom is -0.305 e. The third-order valence-corrected chi connectivity index (χ3v) is 5.32. The van der Waals surface area contributed by atoms with Crippen molar-refractivity contribution in [2.75, 3.05) is 18.8 Å². The van der Waals surface area contributed by atoms with E-state index in [0.717, 1.165) is 24.0 Å². The molecule has 1 aromatic carbocycles. The van der Waals surface area contributed by atoms with Crippen molar-refractivity contribution in [2.24, 2.45) is 4.99 Å². The molecule has 1 amide bonds. The van der Waals surface area contributed by atoms with E-state index in [2.05, 4.69) is 15.0 Å². The Labute approximate surface area is 136 Å². The second kappa shape index (κ2) is 7.40. The summed E-state index contributed by atoms with van der Waals surface area (Å²) in [6.07, 6.45) is -0.0340. The van der Waals surface area contributed by atoms with E-state index in [-0.39, 0.29) is 28.8 Å². The number of nitrogens with zero attached hydrogens (tertiary/aromatic N) is 1. The van der Waals surface area contributed by atoms with Gasteiger partial charge in [0.25, 0.3) is 0 Å². The first-order chi connectivity index (χ1) is 10.4. The molecule has 0 bridgehead atoms. The topological polar surface area (TPSA) is 87.6 Å². The number of nitrogens with one attached hydrogen (secondary N) is 2. The molecular weight excluding hydrogens is 353 g/mol. The molecule has 0 fully saturated rings. The van der Waals surface area contributed by atoms with Gasteiger partial charge in [0.1, 0.15) is 5.82 Å². The van der Waals surface area contributed by atoms with E-state index in [1.54, 1.807) is 0 Å². The maximum absolute atomic E-state index is 13.0. The molecule has 0 spiro atoms. The molecule has 0 atom stereocenters. The second-order valence-corrected chi connectivity index (χ2v) is 7.56. The fourth-order valence-corrected chi connectivity index (χ4v) is 3.67. The van der Waals surface area contributed by atoms with E-state index in [1.165, 1.54) is 11.8 Å². The van der Waals surface area contributed by atoms with Crippen molar-refractivity contribution in [1.29, 1.82) is 0 Å². The lowest BCUT2D eigenvalue weighted by Gasteiger charge is -2.08. The van der Waals surface area contributed by atoms with E-state index in [9.17, 15) is 17.6 Å². The first-order valence-electron chi connectivity index (χ1n) is 6.30. The molecule has 1 heterocycles. The van der Waals surface area contributed by atoms with E-state index in [0.29, 0.717) is 11.7 Å².